The van der Waals surface area contributed by atoms with Gasteiger partial charge in [0, 0.05) is 6.54 Å². The second kappa shape index (κ2) is 10.6. The summed E-state index contributed by atoms with van der Waals surface area (Å²) >= 11 is 0. The number of halogens is 3. The molecule has 1 atom stereocenters. The number of aliphatic hydroxyl groups is 1. The number of hydrogen-bond donors (Lipinski definition) is 3. The summed E-state index contributed by atoms with van der Waals surface area (Å²) in [6.07, 6.45) is -5.35. The molecule has 7 nitrogen and oxygen atoms in total. The van der Waals surface area contributed by atoms with E-state index in [2.05, 4.69) is 10.3 Å². The van der Waals surface area contributed by atoms with Gasteiger partial charge in [0.05, 0.1) is 26.3 Å². The van der Waals surface area contributed by atoms with E-state index in [1.807, 2.05) is 6.07 Å². The number of nitrogens with one attached hydrogen (secondary N) is 1. The number of nitrogens with two attached hydrogens (primary N) is 1. The number of aliphatic hydroxyl groups excluding tert-OH is 1. The molecule has 0 spiro atoms. The highest BCUT2D eigenvalue weighted by molar-refractivity contribution is 5.77. The van der Waals surface area contributed by atoms with Gasteiger partial charge in [-0.15, -0.1) is 0 Å². The number of hydrogen-bond acceptors (Lipinski definition) is 5. The van der Waals surface area contributed by atoms with Gasteiger partial charge in [-0.25, -0.2) is 4.99 Å². The highest BCUT2D eigenvalue weighted by Crippen LogP contribution is 2.30. The van der Waals surface area contributed by atoms with Gasteiger partial charge < -0.3 is 30.4 Å². The monoisotopic (exact) mass is 427 g/mol. The summed E-state index contributed by atoms with van der Waals surface area (Å²) in [6, 6.07) is 9.59. The fourth-order valence-electron chi connectivity index (χ4n) is 2.43. The predicted octanol–water partition coefficient (Wildman–Crippen LogP) is 2.57. The van der Waals surface area contributed by atoms with E-state index in [1.165, 1.54) is 19.2 Å². The molecule has 10 heteroatoms. The van der Waals surface area contributed by atoms with Gasteiger partial charge in [0.2, 0.25) is 0 Å². The SMILES string of the molecule is COc1ccc(CN=C(N)NCC(O)COc2ccc(C(F)(F)F)cc2)cc1OC. The summed E-state index contributed by atoms with van der Waals surface area (Å²) in [5.41, 5.74) is 5.87. The van der Waals surface area contributed by atoms with Crippen LogP contribution in [0.2, 0.25) is 0 Å². The summed E-state index contributed by atoms with van der Waals surface area (Å²) in [6.45, 7) is 0.223. The molecule has 4 N–H and O–H groups in total. The van der Waals surface area contributed by atoms with Crippen LogP contribution in [0.1, 0.15) is 11.1 Å². The third-order valence-electron chi connectivity index (χ3n) is 4.02. The van der Waals surface area contributed by atoms with Crippen molar-refractivity contribution in [3.8, 4) is 17.2 Å². The molecule has 2 aromatic carbocycles. The van der Waals surface area contributed by atoms with Crippen LogP contribution in [-0.2, 0) is 12.7 Å². The van der Waals surface area contributed by atoms with E-state index < -0.39 is 17.8 Å². The zero-order valence-electron chi connectivity index (χ0n) is 16.6. The van der Waals surface area contributed by atoms with Crippen molar-refractivity contribution in [2.45, 2.75) is 18.8 Å². The number of rotatable bonds is 9. The van der Waals surface area contributed by atoms with Gasteiger partial charge in [-0.1, -0.05) is 6.07 Å². The van der Waals surface area contributed by atoms with Gasteiger partial charge in [-0.2, -0.15) is 13.2 Å². The Morgan fingerprint density at radius 1 is 1.10 bits per heavy atom. The van der Waals surface area contributed by atoms with Gasteiger partial charge in [-0.05, 0) is 42.0 Å². The van der Waals surface area contributed by atoms with Crippen LogP contribution in [-0.4, -0.2) is 44.5 Å². The van der Waals surface area contributed by atoms with E-state index in [-0.39, 0.29) is 31.4 Å². The van der Waals surface area contributed by atoms with E-state index in [4.69, 9.17) is 19.9 Å². The van der Waals surface area contributed by atoms with E-state index in [0.717, 1.165) is 17.7 Å². The molecule has 2 aromatic rings. The van der Waals surface area contributed by atoms with Gasteiger partial charge in [0.15, 0.2) is 17.5 Å². The standard InChI is InChI=1S/C20H24F3N3O4/c1-28-17-8-3-13(9-18(17)29-2)10-25-19(24)26-11-15(27)12-30-16-6-4-14(5-7-16)20(21,22)23/h3-9,15,27H,10-12H2,1-2H3,(H3,24,25,26). The molecule has 0 radical (unpaired) electrons. The number of methoxy groups -OCH3 is 2. The van der Waals surface area contributed by atoms with Crippen molar-refractivity contribution in [3.05, 3.63) is 53.6 Å². The van der Waals surface area contributed by atoms with Crippen LogP contribution in [0.4, 0.5) is 13.2 Å². The summed E-state index contributed by atoms with van der Waals surface area (Å²) in [5, 5.41) is 12.7. The normalized spacial score (nSPS) is 12.9. The van der Waals surface area contributed by atoms with E-state index in [0.29, 0.717) is 11.5 Å². The van der Waals surface area contributed by atoms with Crippen LogP contribution in [0.5, 0.6) is 17.2 Å². The minimum Gasteiger partial charge on any atom is -0.493 e. The molecule has 0 aliphatic rings. The predicted molar refractivity (Wildman–Crippen MR) is 106 cm³/mol. The van der Waals surface area contributed by atoms with Crippen LogP contribution < -0.4 is 25.3 Å². The lowest BCUT2D eigenvalue weighted by Gasteiger charge is -2.14. The molecule has 0 fully saturated rings. The number of nitrogens with zero attached hydrogens (tertiary/aromatic N) is 1. The first kappa shape index (κ1) is 23.1. The van der Waals surface area contributed by atoms with Crippen molar-refractivity contribution < 1.29 is 32.5 Å². The number of aliphatic imine (C=N–C) groups is 1. The maximum Gasteiger partial charge on any atom is 0.416 e. The summed E-state index contributed by atoms with van der Waals surface area (Å²) in [5.74, 6) is 1.52. The fraction of sp³-hybridized carbons (Fsp3) is 0.350. The molecule has 0 bridgehead atoms. The van der Waals surface area contributed by atoms with Crippen molar-refractivity contribution in [3.63, 3.8) is 0 Å². The lowest BCUT2D eigenvalue weighted by atomic mass is 10.2. The fourth-order valence-corrected chi connectivity index (χ4v) is 2.43. The van der Waals surface area contributed by atoms with Crippen molar-refractivity contribution in [1.29, 1.82) is 0 Å². The molecule has 0 heterocycles. The second-order valence-corrected chi connectivity index (χ2v) is 6.26. The minimum absolute atomic E-state index is 0.0574. The number of benzene rings is 2. The van der Waals surface area contributed by atoms with Crippen LogP contribution in [0.15, 0.2) is 47.5 Å². The third-order valence-corrected chi connectivity index (χ3v) is 4.02. The molecule has 2 rings (SSSR count). The van der Waals surface area contributed by atoms with Crippen molar-refractivity contribution in [2.24, 2.45) is 10.7 Å². The molecular weight excluding hydrogens is 403 g/mol. The van der Waals surface area contributed by atoms with Crippen LogP contribution in [0.3, 0.4) is 0 Å². The molecule has 0 aliphatic heterocycles. The average molecular weight is 427 g/mol. The smallest absolute Gasteiger partial charge is 0.416 e. The molecule has 0 saturated heterocycles. The van der Waals surface area contributed by atoms with Crippen LogP contribution in [0.25, 0.3) is 0 Å². The summed E-state index contributed by atoms with van der Waals surface area (Å²) in [4.78, 5) is 4.18. The Balaban J connectivity index is 1.78. The van der Waals surface area contributed by atoms with Crippen LogP contribution >= 0.6 is 0 Å². The molecular formula is C20H24F3N3O4. The Labute approximate surface area is 172 Å². The van der Waals surface area contributed by atoms with Gasteiger partial charge in [-0.3, -0.25) is 0 Å². The number of alkyl halides is 3. The first-order valence-corrected chi connectivity index (χ1v) is 8.95. The topological polar surface area (TPSA) is 98.3 Å². The summed E-state index contributed by atoms with van der Waals surface area (Å²) in [7, 11) is 3.08. The maximum absolute atomic E-state index is 12.5. The molecule has 0 aliphatic carbocycles. The Bertz CT molecular complexity index is 842. The highest BCUT2D eigenvalue weighted by Gasteiger charge is 2.30. The van der Waals surface area contributed by atoms with E-state index in [9.17, 15) is 18.3 Å². The first-order chi connectivity index (χ1) is 14.2. The number of guanidine groups is 1. The molecule has 30 heavy (non-hydrogen) atoms. The van der Waals surface area contributed by atoms with E-state index >= 15 is 0 Å². The highest BCUT2D eigenvalue weighted by atomic mass is 19.4. The molecule has 164 valence electrons. The maximum atomic E-state index is 12.5. The Morgan fingerprint density at radius 2 is 1.77 bits per heavy atom. The lowest BCUT2D eigenvalue weighted by molar-refractivity contribution is -0.137. The second-order valence-electron chi connectivity index (χ2n) is 6.26. The molecule has 1 unspecified atom stereocenters. The summed E-state index contributed by atoms with van der Waals surface area (Å²) < 4.78 is 53.3. The van der Waals surface area contributed by atoms with Gasteiger partial charge >= 0.3 is 6.18 Å². The zero-order valence-corrected chi connectivity index (χ0v) is 16.6. The van der Waals surface area contributed by atoms with E-state index in [1.54, 1.807) is 19.2 Å². The first-order valence-electron chi connectivity index (χ1n) is 8.95. The molecule has 0 saturated carbocycles. The third kappa shape index (κ3) is 7.03. The van der Waals surface area contributed by atoms with Crippen molar-refractivity contribution in [2.75, 3.05) is 27.4 Å². The van der Waals surface area contributed by atoms with Gasteiger partial charge in [0.1, 0.15) is 18.5 Å². The minimum atomic E-state index is -4.41. The average Bonchev–Trinajstić information content (AvgIpc) is 2.74. The molecule has 0 amide bonds. The van der Waals surface area contributed by atoms with Crippen molar-refractivity contribution in [1.82, 2.24) is 5.32 Å². The van der Waals surface area contributed by atoms with Crippen LogP contribution in [0, 0.1) is 0 Å². The Morgan fingerprint density at radius 3 is 2.37 bits per heavy atom. The number of ether oxygens (including phenoxy) is 3. The molecule has 0 aromatic heterocycles. The largest absolute Gasteiger partial charge is 0.493 e. The lowest BCUT2D eigenvalue weighted by Crippen LogP contribution is -2.39. The Kier molecular flexibility index (Phi) is 8.16. The van der Waals surface area contributed by atoms with Gasteiger partial charge in [0.25, 0.3) is 0 Å². The Hall–Kier alpha value is -3.14. The zero-order chi connectivity index (χ0) is 22.1. The van der Waals surface area contributed by atoms with Crippen molar-refractivity contribution >= 4 is 5.96 Å². The quantitative estimate of drug-likeness (QED) is 0.420.